The number of aliphatic hydroxyl groups excluding tert-OH is 6. The van der Waals surface area contributed by atoms with Crippen LogP contribution in [0.4, 0.5) is 5.69 Å². The van der Waals surface area contributed by atoms with Crippen molar-refractivity contribution in [3.63, 3.8) is 0 Å². The highest BCUT2D eigenvalue weighted by Gasteiger charge is 2.48. The number of amides is 1. The van der Waals surface area contributed by atoms with Crippen molar-refractivity contribution in [2.24, 2.45) is 16.7 Å². The van der Waals surface area contributed by atoms with Crippen LogP contribution in [0.15, 0.2) is 36.4 Å². The predicted molar refractivity (Wildman–Crippen MR) is 154 cm³/mol. The first-order chi connectivity index (χ1) is 20.2. The molecule has 5 rings (SSSR count). The third-order valence-corrected chi connectivity index (χ3v) is 9.30. The average molecular weight is 606 g/mol. The van der Waals surface area contributed by atoms with Crippen LogP contribution < -0.4 is 10.1 Å². The largest absolute Gasteiger partial charge is 0.505 e. The molecule has 3 aliphatic carbocycles. The number of carbonyl (C=O) groups excluding carboxylic acids is 2. The van der Waals surface area contributed by atoms with Crippen molar-refractivity contribution in [2.45, 2.75) is 95.8 Å². The molecule has 1 aromatic carbocycles. The summed E-state index contributed by atoms with van der Waals surface area (Å²) >= 11 is 0. The van der Waals surface area contributed by atoms with Crippen molar-refractivity contribution in [1.82, 2.24) is 0 Å². The zero-order valence-electron chi connectivity index (χ0n) is 24.5. The van der Waals surface area contributed by atoms with E-state index in [-0.39, 0.29) is 35.6 Å². The molecular formula is C31H43NO11. The Kier molecular flexibility index (Phi) is 10.0. The second-order valence-electron chi connectivity index (χ2n) is 12.5. The number of anilines is 1. The number of ketones is 1. The van der Waals surface area contributed by atoms with Gasteiger partial charge in [0.1, 0.15) is 41.6 Å². The summed E-state index contributed by atoms with van der Waals surface area (Å²) in [5.74, 6) is -1.12. The van der Waals surface area contributed by atoms with Gasteiger partial charge in [0.2, 0.25) is 12.2 Å². The van der Waals surface area contributed by atoms with E-state index in [0.717, 1.165) is 31.3 Å². The molecule has 6 atom stereocenters. The summed E-state index contributed by atoms with van der Waals surface area (Å²) in [6.07, 6.45) is -1.77. The molecule has 43 heavy (non-hydrogen) atoms. The van der Waals surface area contributed by atoms with E-state index in [1.54, 1.807) is 13.8 Å². The van der Waals surface area contributed by atoms with Gasteiger partial charge in [-0.2, -0.15) is 0 Å². The van der Waals surface area contributed by atoms with Gasteiger partial charge in [-0.3, -0.25) is 9.59 Å². The quantitative estimate of drug-likeness (QED) is 0.102. The molecule has 12 nitrogen and oxygen atoms in total. The smallest absolute Gasteiger partial charge is 0.229 e. The van der Waals surface area contributed by atoms with Gasteiger partial charge in [-0.25, -0.2) is 0 Å². The Morgan fingerprint density at radius 2 is 1.79 bits per heavy atom. The van der Waals surface area contributed by atoms with Crippen LogP contribution in [-0.2, 0) is 20.9 Å². The maximum absolute atomic E-state index is 13.2. The SMILES string of the molecule is C=C1C2CCC(/C=C\C(=O)C(C)(C)CCC(=O)Nc3c(OC4OC(CO)C(O)C(O)C4O)ccc(CO)c3O)(CC2)[C@H]1O. The van der Waals surface area contributed by atoms with E-state index in [0.29, 0.717) is 5.92 Å². The summed E-state index contributed by atoms with van der Waals surface area (Å²) in [7, 11) is 0. The molecule has 4 fully saturated rings. The van der Waals surface area contributed by atoms with E-state index in [1.807, 2.05) is 6.08 Å². The lowest BCUT2D eigenvalue weighted by Gasteiger charge is -2.50. The van der Waals surface area contributed by atoms with Crippen molar-refractivity contribution in [3.8, 4) is 11.5 Å². The Balaban J connectivity index is 1.43. The first-order valence-corrected chi connectivity index (χ1v) is 14.6. The number of carbonyl (C=O) groups is 2. The number of hydrogen-bond acceptors (Lipinski definition) is 11. The van der Waals surface area contributed by atoms with E-state index in [2.05, 4.69) is 11.9 Å². The summed E-state index contributed by atoms with van der Waals surface area (Å²) in [5.41, 5.74) is -0.768. The molecule has 4 aliphatic rings. The van der Waals surface area contributed by atoms with Gasteiger partial charge in [-0.1, -0.05) is 26.5 Å². The van der Waals surface area contributed by atoms with Crippen LogP contribution in [-0.4, -0.2) is 90.9 Å². The van der Waals surface area contributed by atoms with E-state index < -0.39 is 72.5 Å². The van der Waals surface area contributed by atoms with Crippen molar-refractivity contribution < 1.29 is 54.8 Å². The van der Waals surface area contributed by atoms with Gasteiger partial charge >= 0.3 is 0 Å². The molecule has 1 aliphatic heterocycles. The van der Waals surface area contributed by atoms with Crippen LogP contribution >= 0.6 is 0 Å². The van der Waals surface area contributed by atoms with Gasteiger partial charge in [0.05, 0.1) is 19.3 Å². The number of ether oxygens (including phenoxy) is 2. The lowest BCUT2D eigenvalue weighted by atomic mass is 9.57. The summed E-state index contributed by atoms with van der Waals surface area (Å²) in [6.45, 7) is 6.25. The zero-order valence-corrected chi connectivity index (χ0v) is 24.5. The summed E-state index contributed by atoms with van der Waals surface area (Å²) in [6, 6.07) is 2.63. The molecule has 8 N–H and O–H groups in total. The van der Waals surface area contributed by atoms with Crippen LogP contribution in [0, 0.1) is 16.7 Å². The first kappa shape index (κ1) is 33.1. The Bertz CT molecular complexity index is 1230. The predicted octanol–water partition coefficient (Wildman–Crippen LogP) is 1.04. The van der Waals surface area contributed by atoms with Crippen molar-refractivity contribution in [1.29, 1.82) is 0 Å². The number of nitrogens with one attached hydrogen (secondary N) is 1. The number of rotatable bonds is 11. The highest BCUT2D eigenvalue weighted by atomic mass is 16.7. The second kappa shape index (κ2) is 13.0. The monoisotopic (exact) mass is 605 g/mol. The van der Waals surface area contributed by atoms with Crippen molar-refractivity contribution in [3.05, 3.63) is 42.0 Å². The molecule has 1 amide bonds. The first-order valence-electron chi connectivity index (χ1n) is 14.6. The fourth-order valence-electron chi connectivity index (χ4n) is 6.12. The molecule has 238 valence electrons. The maximum Gasteiger partial charge on any atom is 0.229 e. The maximum atomic E-state index is 13.2. The van der Waals surface area contributed by atoms with Crippen LogP contribution in [0.5, 0.6) is 11.5 Å². The minimum absolute atomic E-state index is 0.0677. The van der Waals surface area contributed by atoms with Gasteiger partial charge < -0.3 is 50.5 Å². The molecule has 1 saturated heterocycles. The number of fused-ring (bicyclic) bond motifs is 3. The molecule has 1 heterocycles. The molecule has 0 aromatic heterocycles. The normalized spacial score (nSPS) is 32.7. The van der Waals surface area contributed by atoms with Gasteiger partial charge in [0.25, 0.3) is 0 Å². The molecule has 0 spiro atoms. The van der Waals surface area contributed by atoms with Gasteiger partial charge in [0.15, 0.2) is 5.78 Å². The number of aliphatic hydroxyl groups is 6. The number of allylic oxidation sites excluding steroid dienone is 1. The number of aromatic hydroxyl groups is 1. The summed E-state index contributed by atoms with van der Waals surface area (Å²) in [4.78, 5) is 26.2. The van der Waals surface area contributed by atoms with Crippen molar-refractivity contribution in [2.75, 3.05) is 11.9 Å². The van der Waals surface area contributed by atoms with E-state index >= 15 is 0 Å². The zero-order chi connectivity index (χ0) is 31.7. The van der Waals surface area contributed by atoms with E-state index in [9.17, 15) is 45.3 Å². The minimum Gasteiger partial charge on any atom is -0.505 e. The van der Waals surface area contributed by atoms with Gasteiger partial charge in [0, 0.05) is 22.8 Å². The number of phenols is 1. The van der Waals surface area contributed by atoms with E-state index in [1.165, 1.54) is 18.2 Å². The lowest BCUT2D eigenvalue weighted by Crippen LogP contribution is -2.60. The molecule has 3 saturated carbocycles. The van der Waals surface area contributed by atoms with Crippen LogP contribution in [0.25, 0.3) is 0 Å². The van der Waals surface area contributed by atoms with Gasteiger partial charge in [-0.05, 0) is 61.8 Å². The Hall–Kier alpha value is -2.84. The van der Waals surface area contributed by atoms with Crippen molar-refractivity contribution >= 4 is 17.4 Å². The molecule has 5 unspecified atom stereocenters. The minimum atomic E-state index is -1.73. The molecular weight excluding hydrogens is 562 g/mol. The Labute approximate surface area is 250 Å². The van der Waals surface area contributed by atoms with E-state index in [4.69, 9.17) is 9.47 Å². The fraction of sp³-hybridized carbons (Fsp3) is 0.613. The third kappa shape index (κ3) is 6.65. The molecule has 2 bridgehead atoms. The van der Waals surface area contributed by atoms with Crippen LogP contribution in [0.3, 0.4) is 0 Å². The average Bonchev–Trinajstić information content (AvgIpc) is 2.99. The Morgan fingerprint density at radius 3 is 2.42 bits per heavy atom. The number of hydrogen-bond donors (Lipinski definition) is 8. The Morgan fingerprint density at radius 1 is 1.12 bits per heavy atom. The lowest BCUT2D eigenvalue weighted by molar-refractivity contribution is -0.277. The fourth-order valence-corrected chi connectivity index (χ4v) is 6.12. The highest BCUT2D eigenvalue weighted by molar-refractivity contribution is 5.97. The number of benzene rings is 1. The summed E-state index contributed by atoms with van der Waals surface area (Å²) in [5, 5.41) is 73.6. The van der Waals surface area contributed by atoms with Gasteiger partial charge in [-0.15, -0.1) is 0 Å². The highest BCUT2D eigenvalue weighted by Crippen LogP contribution is 2.53. The third-order valence-electron chi connectivity index (χ3n) is 9.30. The summed E-state index contributed by atoms with van der Waals surface area (Å²) < 4.78 is 11.0. The molecule has 12 heteroatoms. The molecule has 1 aromatic rings. The van der Waals surface area contributed by atoms with Crippen LogP contribution in [0.2, 0.25) is 0 Å². The second-order valence-corrected chi connectivity index (χ2v) is 12.5. The van der Waals surface area contributed by atoms with Crippen LogP contribution in [0.1, 0.15) is 57.9 Å². The molecule has 0 radical (unpaired) electrons. The topological polar surface area (TPSA) is 206 Å². The standard InChI is InChI=1S/C31H43NO11/c1-16-17-6-11-31(12-7-17,28(16)41)13-8-21(35)30(2,3)10-9-22(36)32-23-19(5-4-18(14-33)24(23)37)42-29-27(40)26(39)25(38)20(15-34)43-29/h4-5,8,13,17,20,25-29,33-34,37-41H,1,6-7,9-12,14-15H2,2-3H3,(H,32,36)/b13-8-/t17?,20?,25?,26?,27?,28-,29?,31?/m0/s1.